The summed E-state index contributed by atoms with van der Waals surface area (Å²) in [7, 11) is 1.46. The number of carbonyl (C=O) groups excluding carboxylic acids is 1. The molecule has 5 heteroatoms. The molecule has 2 N–H and O–H groups in total. The Labute approximate surface area is 98.6 Å². The smallest absolute Gasteiger partial charge is 0.303 e. The number of hydrogen-bond donors (Lipinski definition) is 2. The Bertz CT molecular complexity index is 425. The number of phenolic OH excluding ortho intramolecular Hbond substituents is 1. The van der Waals surface area contributed by atoms with Gasteiger partial charge in [-0.15, -0.1) is 0 Å². The van der Waals surface area contributed by atoms with E-state index in [0.29, 0.717) is 5.75 Å². The number of phenols is 1. The molecule has 0 unspecified atom stereocenters. The van der Waals surface area contributed by atoms with Crippen LogP contribution in [0.3, 0.4) is 0 Å². The van der Waals surface area contributed by atoms with Crippen LogP contribution < -0.4 is 4.74 Å². The number of carboxylic acid groups (broad SMARTS) is 1. The van der Waals surface area contributed by atoms with Crippen molar-refractivity contribution in [3.8, 4) is 11.5 Å². The lowest BCUT2D eigenvalue weighted by atomic mass is 10.0. The van der Waals surface area contributed by atoms with Crippen molar-refractivity contribution >= 4 is 11.8 Å². The summed E-state index contributed by atoms with van der Waals surface area (Å²) >= 11 is 0. The van der Waals surface area contributed by atoms with E-state index in [4.69, 9.17) is 9.84 Å². The zero-order valence-corrected chi connectivity index (χ0v) is 9.47. The summed E-state index contributed by atoms with van der Waals surface area (Å²) in [6.07, 6.45) is 0.286. The van der Waals surface area contributed by atoms with Gasteiger partial charge in [0.2, 0.25) is 0 Å². The Kier molecular flexibility index (Phi) is 4.51. The molecule has 1 aromatic carbocycles. The molecule has 0 atom stereocenters. The summed E-state index contributed by atoms with van der Waals surface area (Å²) in [5.41, 5.74) is 0.162. The molecule has 0 aliphatic rings. The largest absolute Gasteiger partial charge is 0.507 e. The van der Waals surface area contributed by atoms with Crippen molar-refractivity contribution in [2.45, 2.75) is 19.3 Å². The first kappa shape index (κ1) is 13.0. The molecule has 5 nitrogen and oxygen atoms in total. The van der Waals surface area contributed by atoms with Crippen LogP contribution in [-0.4, -0.2) is 29.1 Å². The summed E-state index contributed by atoms with van der Waals surface area (Å²) in [4.78, 5) is 22.0. The van der Waals surface area contributed by atoms with E-state index in [-0.39, 0.29) is 36.4 Å². The van der Waals surface area contributed by atoms with Crippen LogP contribution in [0.15, 0.2) is 18.2 Å². The summed E-state index contributed by atoms with van der Waals surface area (Å²) in [6.45, 7) is 0. The lowest BCUT2D eigenvalue weighted by Gasteiger charge is -2.06. The molecule has 0 amide bonds. The number of hydrogen-bond acceptors (Lipinski definition) is 4. The number of aromatic hydroxyl groups is 1. The normalized spacial score (nSPS) is 9.94. The minimum atomic E-state index is -0.937. The van der Waals surface area contributed by atoms with Gasteiger partial charge in [-0.1, -0.05) is 0 Å². The Morgan fingerprint density at radius 1 is 1.29 bits per heavy atom. The zero-order chi connectivity index (χ0) is 12.8. The molecule has 17 heavy (non-hydrogen) atoms. The van der Waals surface area contributed by atoms with Gasteiger partial charge < -0.3 is 14.9 Å². The van der Waals surface area contributed by atoms with Gasteiger partial charge in [-0.05, 0) is 24.6 Å². The second kappa shape index (κ2) is 5.89. The van der Waals surface area contributed by atoms with Crippen LogP contribution in [-0.2, 0) is 4.79 Å². The molecule has 0 aromatic heterocycles. The van der Waals surface area contributed by atoms with Crippen molar-refractivity contribution in [1.29, 1.82) is 0 Å². The highest BCUT2D eigenvalue weighted by molar-refractivity contribution is 5.99. The van der Waals surface area contributed by atoms with Gasteiger partial charge >= 0.3 is 5.97 Å². The van der Waals surface area contributed by atoms with E-state index >= 15 is 0 Å². The molecule has 0 aliphatic carbocycles. The minimum Gasteiger partial charge on any atom is -0.507 e. The first-order valence-corrected chi connectivity index (χ1v) is 5.16. The summed E-state index contributed by atoms with van der Waals surface area (Å²) < 4.78 is 4.95. The fraction of sp³-hybridized carbons (Fsp3) is 0.333. The van der Waals surface area contributed by atoms with E-state index in [1.807, 2.05) is 0 Å². The first-order valence-electron chi connectivity index (χ1n) is 5.16. The van der Waals surface area contributed by atoms with E-state index in [1.165, 1.54) is 19.2 Å². The first-order chi connectivity index (χ1) is 8.04. The minimum absolute atomic E-state index is 0.0591. The standard InChI is InChI=1S/C12H14O5/c1-17-8-5-6-11(14)9(7-8)10(13)3-2-4-12(15)16/h5-7,14H,2-4H2,1H3,(H,15,16). The average Bonchev–Trinajstić information content (AvgIpc) is 2.29. The van der Waals surface area contributed by atoms with Gasteiger partial charge in [0.1, 0.15) is 11.5 Å². The monoisotopic (exact) mass is 238 g/mol. The molecule has 0 saturated heterocycles. The topological polar surface area (TPSA) is 83.8 Å². The number of carbonyl (C=O) groups is 2. The maximum Gasteiger partial charge on any atom is 0.303 e. The number of ketones is 1. The number of carboxylic acids is 1. The Balaban J connectivity index is 2.70. The highest BCUT2D eigenvalue weighted by Gasteiger charge is 2.12. The fourth-order valence-electron chi connectivity index (χ4n) is 1.40. The third kappa shape index (κ3) is 3.79. The van der Waals surface area contributed by atoms with Gasteiger partial charge in [0.05, 0.1) is 12.7 Å². The molecule has 92 valence electrons. The lowest BCUT2D eigenvalue weighted by Crippen LogP contribution is -2.02. The van der Waals surface area contributed by atoms with E-state index in [2.05, 4.69) is 0 Å². The van der Waals surface area contributed by atoms with Crippen LogP contribution in [0.5, 0.6) is 11.5 Å². The summed E-state index contributed by atoms with van der Waals surface area (Å²) in [5.74, 6) is -0.870. The number of rotatable bonds is 6. The highest BCUT2D eigenvalue weighted by atomic mass is 16.5. The molecule has 0 aliphatic heterocycles. The van der Waals surface area contributed by atoms with Crippen molar-refractivity contribution in [3.05, 3.63) is 23.8 Å². The van der Waals surface area contributed by atoms with Crippen molar-refractivity contribution in [2.75, 3.05) is 7.11 Å². The van der Waals surface area contributed by atoms with Gasteiger partial charge in [-0.2, -0.15) is 0 Å². The maximum atomic E-state index is 11.7. The van der Waals surface area contributed by atoms with Crippen molar-refractivity contribution in [2.24, 2.45) is 0 Å². The van der Waals surface area contributed by atoms with E-state index in [1.54, 1.807) is 6.07 Å². The van der Waals surface area contributed by atoms with Crippen molar-refractivity contribution in [1.82, 2.24) is 0 Å². The van der Waals surface area contributed by atoms with Gasteiger partial charge in [0, 0.05) is 12.8 Å². The van der Waals surface area contributed by atoms with Crippen LogP contribution in [0.1, 0.15) is 29.6 Å². The van der Waals surface area contributed by atoms with Gasteiger partial charge in [-0.3, -0.25) is 9.59 Å². The molecule has 1 aromatic rings. The predicted octanol–water partition coefficient (Wildman–Crippen LogP) is 1.84. The van der Waals surface area contributed by atoms with Crippen LogP contribution in [0.25, 0.3) is 0 Å². The highest BCUT2D eigenvalue weighted by Crippen LogP contribution is 2.24. The van der Waals surface area contributed by atoms with Gasteiger partial charge in [0.15, 0.2) is 5.78 Å². The van der Waals surface area contributed by atoms with Crippen molar-refractivity contribution in [3.63, 3.8) is 0 Å². The van der Waals surface area contributed by atoms with Crippen LogP contribution in [0.2, 0.25) is 0 Å². The molecule has 0 radical (unpaired) electrons. The number of ether oxygens (including phenoxy) is 1. The van der Waals surface area contributed by atoms with Crippen LogP contribution in [0, 0.1) is 0 Å². The fourth-order valence-corrected chi connectivity index (χ4v) is 1.40. The van der Waals surface area contributed by atoms with Crippen molar-refractivity contribution < 1.29 is 24.5 Å². The summed E-state index contributed by atoms with van der Waals surface area (Å²) in [5, 5.41) is 18.0. The van der Waals surface area contributed by atoms with Crippen LogP contribution >= 0.6 is 0 Å². The second-order valence-corrected chi connectivity index (χ2v) is 3.55. The molecule has 0 spiro atoms. The van der Waals surface area contributed by atoms with Gasteiger partial charge in [0.25, 0.3) is 0 Å². The SMILES string of the molecule is COc1ccc(O)c(C(=O)CCCC(=O)O)c1. The van der Waals surface area contributed by atoms with Crippen LogP contribution in [0.4, 0.5) is 0 Å². The zero-order valence-electron chi connectivity index (χ0n) is 9.47. The Morgan fingerprint density at radius 3 is 2.59 bits per heavy atom. The summed E-state index contributed by atoms with van der Waals surface area (Å²) in [6, 6.07) is 4.37. The Hall–Kier alpha value is -2.04. The molecular weight excluding hydrogens is 224 g/mol. The number of benzene rings is 1. The van der Waals surface area contributed by atoms with E-state index in [0.717, 1.165) is 0 Å². The maximum absolute atomic E-state index is 11.7. The number of methoxy groups -OCH3 is 1. The molecule has 0 fully saturated rings. The Morgan fingerprint density at radius 2 is 2.00 bits per heavy atom. The van der Waals surface area contributed by atoms with Gasteiger partial charge in [-0.25, -0.2) is 0 Å². The van der Waals surface area contributed by atoms with E-state index < -0.39 is 5.97 Å². The molecular formula is C12H14O5. The molecule has 0 bridgehead atoms. The molecule has 0 heterocycles. The lowest BCUT2D eigenvalue weighted by molar-refractivity contribution is -0.137. The third-order valence-electron chi connectivity index (χ3n) is 2.30. The van der Waals surface area contributed by atoms with E-state index in [9.17, 15) is 14.7 Å². The number of aliphatic carboxylic acids is 1. The quantitative estimate of drug-likeness (QED) is 0.739. The third-order valence-corrected chi connectivity index (χ3v) is 2.30. The predicted molar refractivity (Wildman–Crippen MR) is 60.5 cm³/mol. The number of Topliss-reactive ketones (excluding diaryl/α,β-unsaturated/α-hetero) is 1. The molecule has 0 saturated carbocycles. The second-order valence-electron chi connectivity index (χ2n) is 3.55. The average molecular weight is 238 g/mol. The molecule has 1 rings (SSSR count).